The molecule has 0 saturated carbocycles. The molecule has 1 aliphatic heterocycles. The van der Waals surface area contributed by atoms with Crippen molar-refractivity contribution in [2.75, 3.05) is 20.6 Å². The van der Waals surface area contributed by atoms with Crippen LogP contribution in [0.2, 0.25) is 0 Å². The van der Waals surface area contributed by atoms with E-state index in [4.69, 9.17) is 11.6 Å². The number of alkyl halides is 2. The summed E-state index contributed by atoms with van der Waals surface area (Å²) in [6.45, 7) is 0.775. The lowest BCUT2D eigenvalue weighted by molar-refractivity contribution is -0.00448. The lowest BCUT2D eigenvalue weighted by Gasteiger charge is -2.28. The van der Waals surface area contributed by atoms with E-state index in [9.17, 15) is 22.0 Å². The van der Waals surface area contributed by atoms with Crippen LogP contribution in [0.25, 0.3) is 11.1 Å². The van der Waals surface area contributed by atoms with Gasteiger partial charge in [0.05, 0.1) is 12.6 Å². The summed E-state index contributed by atoms with van der Waals surface area (Å²) in [5.41, 5.74) is 1.85. The molecule has 0 spiro atoms. The maximum Gasteiger partial charge on any atom is 0.316 e. The summed E-state index contributed by atoms with van der Waals surface area (Å²) < 4.78 is 72.1. The molecule has 0 aromatic heterocycles. The normalized spacial score (nSPS) is 20.7. The van der Waals surface area contributed by atoms with Crippen LogP contribution in [-0.4, -0.2) is 61.6 Å². The molecule has 0 bridgehead atoms. The molecule has 1 fully saturated rings. The Morgan fingerprint density at radius 2 is 1.91 bits per heavy atom. The largest absolute Gasteiger partial charge is 0.318 e. The van der Waals surface area contributed by atoms with Gasteiger partial charge in [-0.2, -0.15) is 17.4 Å². The van der Waals surface area contributed by atoms with E-state index >= 15 is 4.39 Å². The minimum absolute atomic E-state index is 0.0590. The highest BCUT2D eigenvalue weighted by atomic mass is 35.5. The van der Waals surface area contributed by atoms with Gasteiger partial charge in [-0.3, -0.25) is 4.79 Å². The van der Waals surface area contributed by atoms with Gasteiger partial charge < -0.3 is 4.90 Å². The van der Waals surface area contributed by atoms with E-state index in [0.29, 0.717) is 10.5 Å². The number of aryl methyl sites for hydroxylation is 1. The first-order chi connectivity index (χ1) is 14.8. The molecule has 1 amide bonds. The fourth-order valence-electron chi connectivity index (χ4n) is 3.75. The number of carbonyl (C=O) groups excluding carboxylic acids is 1. The van der Waals surface area contributed by atoms with E-state index in [1.54, 1.807) is 30.3 Å². The lowest BCUT2D eigenvalue weighted by Crippen LogP contribution is -2.54. The van der Waals surface area contributed by atoms with Gasteiger partial charge in [-0.25, -0.2) is 13.2 Å². The summed E-state index contributed by atoms with van der Waals surface area (Å²) in [5, 5.41) is -1.17. The minimum atomic E-state index is -4.26. The second-order valence-electron chi connectivity index (χ2n) is 7.94. The molecule has 1 aliphatic rings. The van der Waals surface area contributed by atoms with Gasteiger partial charge in [0.1, 0.15) is 11.9 Å². The number of nitrogens with zero attached hydrogens (tertiary/aromatic N) is 2. The lowest BCUT2D eigenvalue weighted by atomic mass is 9.95. The fourth-order valence-corrected chi connectivity index (χ4v) is 4.80. The quantitative estimate of drug-likeness (QED) is 0.496. The molecule has 6 nitrogen and oxygen atoms in total. The second-order valence-corrected chi connectivity index (χ2v) is 10.2. The van der Waals surface area contributed by atoms with Crippen molar-refractivity contribution < 1.29 is 26.4 Å². The van der Waals surface area contributed by atoms with Gasteiger partial charge in [0.25, 0.3) is 16.1 Å². The molecule has 32 heavy (non-hydrogen) atoms. The van der Waals surface area contributed by atoms with Crippen molar-refractivity contribution >= 4 is 27.2 Å². The van der Waals surface area contributed by atoms with E-state index in [0.717, 1.165) is 9.87 Å². The van der Waals surface area contributed by atoms with E-state index in [1.165, 1.54) is 20.2 Å². The number of benzene rings is 2. The molecule has 1 heterocycles. The molecule has 11 heteroatoms. The highest BCUT2D eigenvalue weighted by Gasteiger charge is 2.57. The van der Waals surface area contributed by atoms with Crippen molar-refractivity contribution in [3.8, 4) is 11.1 Å². The smallest absolute Gasteiger partial charge is 0.316 e. The number of carbonyl (C=O) groups is 1. The minimum Gasteiger partial charge on any atom is -0.318 e. The zero-order valence-electron chi connectivity index (χ0n) is 17.6. The molecule has 2 aromatic rings. The first-order valence-electron chi connectivity index (χ1n) is 9.71. The van der Waals surface area contributed by atoms with Crippen LogP contribution in [-0.2, 0) is 16.6 Å². The van der Waals surface area contributed by atoms with E-state index in [2.05, 4.69) is 0 Å². The molecule has 2 unspecified atom stereocenters. The molecule has 1 saturated heterocycles. The van der Waals surface area contributed by atoms with Crippen LogP contribution in [0.5, 0.6) is 0 Å². The van der Waals surface area contributed by atoms with Crippen LogP contribution < -0.4 is 4.72 Å². The molecule has 174 valence electrons. The second kappa shape index (κ2) is 9.01. The van der Waals surface area contributed by atoms with Crippen LogP contribution in [0.4, 0.5) is 18.0 Å². The van der Waals surface area contributed by atoms with Gasteiger partial charge >= 0.3 is 5.37 Å². The van der Waals surface area contributed by atoms with Crippen molar-refractivity contribution in [1.29, 1.82) is 0 Å². The number of nitrogens with one attached hydrogen (secondary N) is 1. The average Bonchev–Trinajstić information content (AvgIpc) is 2.93. The van der Waals surface area contributed by atoms with Gasteiger partial charge in [-0.1, -0.05) is 48.0 Å². The van der Waals surface area contributed by atoms with E-state index < -0.39 is 45.9 Å². The third kappa shape index (κ3) is 4.93. The highest BCUT2D eigenvalue weighted by Crippen LogP contribution is 2.37. The maximum absolute atomic E-state index is 15.4. The summed E-state index contributed by atoms with van der Waals surface area (Å²) in [5.74, 6) is -4.24. The Labute approximate surface area is 190 Å². The first-order valence-corrected chi connectivity index (χ1v) is 11.5. The molecular weight excluding hydrogens is 467 g/mol. The number of likely N-dealkylation sites (tertiary alicyclic amines) is 1. The van der Waals surface area contributed by atoms with Crippen LogP contribution in [0.1, 0.15) is 11.1 Å². The summed E-state index contributed by atoms with van der Waals surface area (Å²) in [6, 6.07) is 8.32. The van der Waals surface area contributed by atoms with Gasteiger partial charge in [-0.05, 0) is 36.1 Å². The molecule has 2 atom stereocenters. The van der Waals surface area contributed by atoms with Crippen LogP contribution in [0.15, 0.2) is 42.5 Å². The van der Waals surface area contributed by atoms with E-state index in [-0.39, 0.29) is 17.5 Å². The molecule has 3 rings (SSSR count). The maximum atomic E-state index is 15.4. The molecule has 1 N–H and O–H groups in total. The van der Waals surface area contributed by atoms with Crippen molar-refractivity contribution in [3.05, 3.63) is 59.4 Å². The number of amides is 1. The van der Waals surface area contributed by atoms with Gasteiger partial charge in [0.15, 0.2) is 0 Å². The Bertz CT molecular complexity index is 1130. The Morgan fingerprint density at radius 3 is 2.50 bits per heavy atom. The van der Waals surface area contributed by atoms with Gasteiger partial charge in [0.2, 0.25) is 0 Å². The zero-order valence-corrected chi connectivity index (χ0v) is 19.2. The summed E-state index contributed by atoms with van der Waals surface area (Å²) in [6.07, 6.45) is -0.361. The Hall–Kier alpha value is -2.14. The molecule has 0 aliphatic carbocycles. The molecular formula is C21H23ClF3N3O3S. The standard InChI is InChI=1S/C21H23ClF3N3O3S/c1-13-6-4-7-14(10-13)16-9-5-8-15(18(16)23)11-17-19(26-32(30,31)27(2)3)21(24,25)12-28(17)20(22)29/h4-10,17,19,26H,11-12H2,1-3H3. The van der Waals surface area contributed by atoms with Gasteiger partial charge in [0, 0.05) is 19.7 Å². The van der Waals surface area contributed by atoms with E-state index in [1.807, 2.05) is 17.7 Å². The topological polar surface area (TPSA) is 69.7 Å². The van der Waals surface area contributed by atoms with Crippen molar-refractivity contribution in [2.45, 2.75) is 31.4 Å². The van der Waals surface area contributed by atoms with Crippen LogP contribution >= 0.6 is 11.6 Å². The highest BCUT2D eigenvalue weighted by molar-refractivity contribution is 7.87. The third-order valence-electron chi connectivity index (χ3n) is 5.44. The summed E-state index contributed by atoms with van der Waals surface area (Å²) in [4.78, 5) is 12.5. The predicted octanol–water partition coefficient (Wildman–Crippen LogP) is 3.79. The Kier molecular flexibility index (Phi) is 6.90. The SMILES string of the molecule is Cc1cccc(-c2cccc(CC3C(NS(=O)(=O)N(C)C)C(F)(F)CN3C(=O)Cl)c2F)c1. The fraction of sp³-hybridized carbons (Fsp3) is 0.381. The number of hydrogen-bond donors (Lipinski definition) is 1. The predicted molar refractivity (Wildman–Crippen MR) is 116 cm³/mol. The zero-order chi connectivity index (χ0) is 23.8. The summed E-state index contributed by atoms with van der Waals surface area (Å²) >= 11 is 5.53. The molecule has 2 aromatic carbocycles. The first kappa shape index (κ1) is 24.5. The van der Waals surface area contributed by atoms with Crippen molar-refractivity contribution in [2.24, 2.45) is 0 Å². The van der Waals surface area contributed by atoms with Crippen molar-refractivity contribution in [3.63, 3.8) is 0 Å². The monoisotopic (exact) mass is 489 g/mol. The van der Waals surface area contributed by atoms with Crippen LogP contribution in [0, 0.1) is 12.7 Å². The number of rotatable bonds is 6. The third-order valence-corrected chi connectivity index (χ3v) is 7.17. The van der Waals surface area contributed by atoms with Gasteiger partial charge in [-0.15, -0.1) is 0 Å². The average molecular weight is 490 g/mol. The van der Waals surface area contributed by atoms with Crippen molar-refractivity contribution in [1.82, 2.24) is 13.9 Å². The summed E-state index contributed by atoms with van der Waals surface area (Å²) in [7, 11) is -1.90. The Balaban J connectivity index is 2.02. The number of halogens is 4. The number of hydrogen-bond acceptors (Lipinski definition) is 3. The Morgan fingerprint density at radius 1 is 1.25 bits per heavy atom. The molecule has 0 radical (unpaired) electrons. The van der Waals surface area contributed by atoms with Crippen LogP contribution in [0.3, 0.4) is 0 Å².